The summed E-state index contributed by atoms with van der Waals surface area (Å²) < 4.78 is 22.0. The highest BCUT2D eigenvalue weighted by atomic mass is 32.1. The molecular weight excluding hydrogens is 217 g/mol. The van der Waals surface area contributed by atoms with E-state index in [-0.39, 0.29) is 5.69 Å². The van der Waals surface area contributed by atoms with Crippen LogP contribution in [0, 0.1) is 12.7 Å². The summed E-state index contributed by atoms with van der Waals surface area (Å²) in [6.07, 6.45) is 0. The lowest BCUT2D eigenvalue weighted by Crippen LogP contribution is -1.92. The van der Waals surface area contributed by atoms with Crippen molar-refractivity contribution in [1.29, 1.82) is 0 Å². The number of rotatable bonds is 2. The maximum Gasteiger partial charge on any atom is 0.298 e. The topological polar surface area (TPSA) is 61.0 Å². The van der Waals surface area contributed by atoms with Crippen LogP contribution >= 0.6 is 11.5 Å². The van der Waals surface area contributed by atoms with E-state index in [9.17, 15) is 4.39 Å². The third-order valence-corrected chi connectivity index (χ3v) is 2.36. The fraction of sp³-hybridized carbons (Fsp3) is 0.111. The Balaban J connectivity index is 2.24. The summed E-state index contributed by atoms with van der Waals surface area (Å²) in [6.45, 7) is 1.76. The summed E-state index contributed by atoms with van der Waals surface area (Å²) in [4.78, 5) is 4.01. The second-order valence-corrected chi connectivity index (χ2v) is 3.61. The molecule has 1 aromatic carbocycles. The lowest BCUT2D eigenvalue weighted by Gasteiger charge is -2.03. The number of nitrogen functional groups attached to an aromatic ring is 1. The molecule has 0 unspecified atom stereocenters. The molecule has 2 N–H and O–H groups in total. The van der Waals surface area contributed by atoms with Crippen LogP contribution in [0.25, 0.3) is 0 Å². The first kappa shape index (κ1) is 9.85. The number of hydrogen-bond acceptors (Lipinski definition) is 5. The van der Waals surface area contributed by atoms with Crippen LogP contribution < -0.4 is 10.5 Å². The summed E-state index contributed by atoms with van der Waals surface area (Å²) in [6, 6.07) is 3.93. The van der Waals surface area contributed by atoms with E-state index in [1.54, 1.807) is 6.92 Å². The molecule has 0 radical (unpaired) electrons. The highest BCUT2D eigenvalue weighted by molar-refractivity contribution is 7.07. The van der Waals surface area contributed by atoms with Gasteiger partial charge in [0.05, 0.1) is 5.69 Å². The Bertz CT molecular complexity index is 486. The van der Waals surface area contributed by atoms with Gasteiger partial charge in [-0.3, -0.25) is 0 Å². The zero-order valence-corrected chi connectivity index (χ0v) is 8.71. The number of aryl methyl sites for hydroxylation is 1. The summed E-state index contributed by atoms with van der Waals surface area (Å²) in [5, 5.41) is 0.394. The molecule has 0 spiro atoms. The molecule has 15 heavy (non-hydrogen) atoms. The maximum absolute atomic E-state index is 12.7. The number of nitrogens with two attached hydrogens (primary N) is 1. The molecule has 2 aromatic rings. The van der Waals surface area contributed by atoms with Crippen molar-refractivity contribution >= 4 is 17.2 Å². The van der Waals surface area contributed by atoms with E-state index >= 15 is 0 Å². The summed E-state index contributed by atoms with van der Waals surface area (Å²) in [7, 11) is 0. The molecule has 2 rings (SSSR count). The van der Waals surface area contributed by atoms with E-state index in [0.29, 0.717) is 16.8 Å². The molecule has 0 atom stereocenters. The van der Waals surface area contributed by atoms with Crippen LogP contribution in [0.1, 0.15) is 5.82 Å². The fourth-order valence-electron chi connectivity index (χ4n) is 1.03. The van der Waals surface area contributed by atoms with Gasteiger partial charge in [0.1, 0.15) is 11.6 Å². The molecule has 78 valence electrons. The molecule has 6 heteroatoms. The molecule has 0 amide bonds. The maximum atomic E-state index is 12.7. The van der Waals surface area contributed by atoms with Gasteiger partial charge in [0, 0.05) is 17.6 Å². The van der Waals surface area contributed by atoms with Crippen molar-refractivity contribution in [2.45, 2.75) is 6.92 Å². The molecule has 1 aromatic heterocycles. The molecule has 0 saturated heterocycles. The molecule has 0 aliphatic carbocycles. The first-order chi connectivity index (χ1) is 7.15. The number of aromatic nitrogens is 2. The molecule has 0 saturated carbocycles. The third-order valence-electron chi connectivity index (χ3n) is 1.68. The van der Waals surface area contributed by atoms with Crippen LogP contribution in [0.3, 0.4) is 0 Å². The predicted molar refractivity (Wildman–Crippen MR) is 55.5 cm³/mol. The van der Waals surface area contributed by atoms with Crippen molar-refractivity contribution in [2.24, 2.45) is 0 Å². The summed E-state index contributed by atoms with van der Waals surface area (Å²) >= 11 is 1.12. The third kappa shape index (κ3) is 2.21. The van der Waals surface area contributed by atoms with Gasteiger partial charge in [0.15, 0.2) is 5.75 Å². The SMILES string of the molecule is Cc1nsc(Oc2ccc(F)cc2N)n1. The summed E-state index contributed by atoms with van der Waals surface area (Å²) in [5.74, 6) is 0.622. The monoisotopic (exact) mass is 225 g/mol. The van der Waals surface area contributed by atoms with Crippen molar-refractivity contribution in [3.8, 4) is 10.9 Å². The van der Waals surface area contributed by atoms with Gasteiger partial charge < -0.3 is 10.5 Å². The van der Waals surface area contributed by atoms with Gasteiger partial charge in [-0.05, 0) is 19.1 Å². The number of benzene rings is 1. The van der Waals surface area contributed by atoms with Crippen molar-refractivity contribution < 1.29 is 9.13 Å². The molecule has 0 fully saturated rings. The Morgan fingerprint density at radius 1 is 1.47 bits per heavy atom. The van der Waals surface area contributed by atoms with Gasteiger partial charge >= 0.3 is 0 Å². The van der Waals surface area contributed by atoms with Gasteiger partial charge in [-0.2, -0.15) is 9.36 Å². The van der Waals surface area contributed by atoms with Crippen LogP contribution in [0.15, 0.2) is 18.2 Å². The normalized spacial score (nSPS) is 10.3. The second kappa shape index (κ2) is 3.82. The predicted octanol–water partition coefficient (Wildman–Crippen LogP) is 2.36. The number of nitrogens with zero attached hydrogens (tertiary/aromatic N) is 2. The van der Waals surface area contributed by atoms with Gasteiger partial charge in [-0.1, -0.05) is 0 Å². The van der Waals surface area contributed by atoms with Crippen molar-refractivity contribution in [1.82, 2.24) is 9.36 Å². The van der Waals surface area contributed by atoms with Gasteiger partial charge in [-0.15, -0.1) is 0 Å². The van der Waals surface area contributed by atoms with E-state index in [1.807, 2.05) is 0 Å². The Labute approximate surface area is 89.7 Å². The van der Waals surface area contributed by atoms with Gasteiger partial charge in [0.25, 0.3) is 5.19 Å². The van der Waals surface area contributed by atoms with E-state index in [1.165, 1.54) is 18.2 Å². The quantitative estimate of drug-likeness (QED) is 0.797. The van der Waals surface area contributed by atoms with Gasteiger partial charge in [-0.25, -0.2) is 4.39 Å². The summed E-state index contributed by atoms with van der Waals surface area (Å²) in [5.41, 5.74) is 5.81. The average molecular weight is 225 g/mol. The number of halogens is 1. The highest BCUT2D eigenvalue weighted by Gasteiger charge is 2.06. The van der Waals surface area contributed by atoms with Crippen LogP contribution in [0.2, 0.25) is 0 Å². The lowest BCUT2D eigenvalue weighted by atomic mass is 10.3. The first-order valence-corrected chi connectivity index (χ1v) is 4.95. The minimum atomic E-state index is -0.395. The first-order valence-electron chi connectivity index (χ1n) is 4.18. The fourth-order valence-corrected chi connectivity index (χ4v) is 1.58. The molecule has 4 nitrogen and oxygen atoms in total. The van der Waals surface area contributed by atoms with Crippen LogP contribution in [-0.4, -0.2) is 9.36 Å². The Morgan fingerprint density at radius 2 is 2.27 bits per heavy atom. The van der Waals surface area contributed by atoms with Crippen molar-refractivity contribution in [2.75, 3.05) is 5.73 Å². The molecular formula is C9H8FN3OS. The standard InChI is InChI=1S/C9H8FN3OS/c1-5-12-9(15-13-5)14-8-3-2-6(10)4-7(8)11/h2-4H,11H2,1H3. The smallest absolute Gasteiger partial charge is 0.298 e. The molecule has 1 heterocycles. The molecule has 0 aliphatic heterocycles. The average Bonchev–Trinajstić information content (AvgIpc) is 2.56. The zero-order valence-electron chi connectivity index (χ0n) is 7.90. The minimum absolute atomic E-state index is 0.239. The van der Waals surface area contributed by atoms with Crippen LogP contribution in [0.5, 0.6) is 10.9 Å². The van der Waals surface area contributed by atoms with E-state index in [2.05, 4.69) is 9.36 Å². The highest BCUT2D eigenvalue weighted by Crippen LogP contribution is 2.28. The second-order valence-electron chi connectivity index (χ2n) is 2.89. The van der Waals surface area contributed by atoms with E-state index < -0.39 is 5.82 Å². The zero-order chi connectivity index (χ0) is 10.8. The van der Waals surface area contributed by atoms with Crippen LogP contribution in [0.4, 0.5) is 10.1 Å². The Kier molecular flexibility index (Phi) is 2.51. The van der Waals surface area contributed by atoms with Crippen LogP contribution in [-0.2, 0) is 0 Å². The number of anilines is 1. The minimum Gasteiger partial charge on any atom is -0.428 e. The Hall–Kier alpha value is -1.69. The largest absolute Gasteiger partial charge is 0.428 e. The lowest BCUT2D eigenvalue weighted by molar-refractivity contribution is 0.478. The number of ether oxygens (including phenoxy) is 1. The van der Waals surface area contributed by atoms with Gasteiger partial charge in [0.2, 0.25) is 0 Å². The molecule has 0 bridgehead atoms. The van der Waals surface area contributed by atoms with E-state index in [4.69, 9.17) is 10.5 Å². The number of hydrogen-bond donors (Lipinski definition) is 1. The molecule has 0 aliphatic rings. The Morgan fingerprint density at radius 3 is 2.87 bits per heavy atom. The van der Waals surface area contributed by atoms with Crippen molar-refractivity contribution in [3.63, 3.8) is 0 Å². The van der Waals surface area contributed by atoms with E-state index in [0.717, 1.165) is 11.5 Å². The van der Waals surface area contributed by atoms with Crippen molar-refractivity contribution in [3.05, 3.63) is 29.8 Å².